The molecule has 0 aromatic rings. The predicted octanol–water partition coefficient (Wildman–Crippen LogP) is 2.51. The minimum absolute atomic E-state index is 0.499. The zero-order chi connectivity index (χ0) is 9.40. The molecule has 0 aromatic heterocycles. The molecule has 0 rings (SSSR count). The molecule has 12 heavy (non-hydrogen) atoms. The summed E-state index contributed by atoms with van der Waals surface area (Å²) in [6.07, 6.45) is 3.99. The highest BCUT2D eigenvalue weighted by Crippen LogP contribution is 2.02. The minimum Gasteiger partial charge on any atom is -0.365 e. The Morgan fingerprint density at radius 2 is 2.33 bits per heavy atom. The molecule has 0 bridgehead atoms. The first-order chi connectivity index (χ1) is 5.72. The topological polar surface area (TPSA) is 26.3 Å². The molecule has 0 aliphatic rings. The van der Waals surface area contributed by atoms with Gasteiger partial charge in [-0.05, 0) is 18.0 Å². The molecule has 1 unspecified atom stereocenters. The lowest BCUT2D eigenvalue weighted by atomic mass is 10.3. The number of carbonyl (C=O) groups excluding carboxylic acids is 1. The van der Waals surface area contributed by atoms with Crippen LogP contribution in [0.4, 0.5) is 0 Å². The number of unbranched alkanes of at least 4 members (excludes halogenated alkanes) is 2. The van der Waals surface area contributed by atoms with Crippen LogP contribution in [-0.4, -0.2) is 18.0 Å². The van der Waals surface area contributed by atoms with Gasteiger partial charge in [0.1, 0.15) is 6.10 Å². The van der Waals surface area contributed by atoms with E-state index in [-0.39, 0.29) is 0 Å². The van der Waals surface area contributed by atoms with E-state index in [1.165, 1.54) is 6.08 Å². The van der Waals surface area contributed by atoms with Crippen molar-refractivity contribution < 1.29 is 9.53 Å². The van der Waals surface area contributed by atoms with Gasteiger partial charge in [-0.3, -0.25) is 4.79 Å². The third-order valence-corrected chi connectivity index (χ3v) is 1.70. The molecule has 2 nitrogen and oxygen atoms in total. The van der Waals surface area contributed by atoms with Gasteiger partial charge < -0.3 is 4.74 Å². The van der Waals surface area contributed by atoms with E-state index in [9.17, 15) is 4.79 Å². The molecular weight excluding hydrogens is 176 g/mol. The van der Waals surface area contributed by atoms with E-state index in [2.05, 4.69) is 13.5 Å². The first-order valence-electron chi connectivity index (χ1n) is 4.15. The summed E-state index contributed by atoms with van der Waals surface area (Å²) >= 11 is 5.22. The van der Waals surface area contributed by atoms with Gasteiger partial charge in [-0.25, -0.2) is 0 Å². The smallest absolute Gasteiger partial charge is 0.254 e. The minimum atomic E-state index is -0.636. The molecule has 0 saturated carbocycles. The van der Waals surface area contributed by atoms with E-state index in [1.807, 2.05) is 0 Å². The van der Waals surface area contributed by atoms with Crippen LogP contribution in [0.2, 0.25) is 0 Å². The molecule has 0 spiro atoms. The van der Waals surface area contributed by atoms with E-state index in [1.54, 1.807) is 0 Å². The fraction of sp³-hybridized carbons (Fsp3) is 0.667. The van der Waals surface area contributed by atoms with Gasteiger partial charge in [-0.2, -0.15) is 0 Å². The van der Waals surface area contributed by atoms with Gasteiger partial charge in [-0.15, -0.1) is 6.58 Å². The Labute approximate surface area is 78.5 Å². The van der Waals surface area contributed by atoms with Crippen LogP contribution < -0.4 is 0 Å². The van der Waals surface area contributed by atoms with Crippen LogP contribution in [0, 0.1) is 0 Å². The van der Waals surface area contributed by atoms with Crippen LogP contribution in [0.3, 0.4) is 0 Å². The van der Waals surface area contributed by atoms with E-state index >= 15 is 0 Å². The largest absolute Gasteiger partial charge is 0.365 e. The van der Waals surface area contributed by atoms with Crippen molar-refractivity contribution in [3.05, 3.63) is 12.7 Å². The van der Waals surface area contributed by atoms with E-state index in [4.69, 9.17) is 16.3 Å². The van der Waals surface area contributed by atoms with Crippen molar-refractivity contribution in [1.29, 1.82) is 0 Å². The number of ether oxygens (including phenoxy) is 1. The van der Waals surface area contributed by atoms with E-state index < -0.39 is 11.3 Å². The average molecular weight is 191 g/mol. The summed E-state index contributed by atoms with van der Waals surface area (Å²) < 4.78 is 5.16. The molecule has 1 atom stereocenters. The normalized spacial score (nSPS) is 12.5. The van der Waals surface area contributed by atoms with Crippen molar-refractivity contribution in [3.63, 3.8) is 0 Å². The molecule has 0 N–H and O–H groups in total. The quantitative estimate of drug-likeness (QED) is 0.350. The summed E-state index contributed by atoms with van der Waals surface area (Å²) in [7, 11) is 0. The Morgan fingerprint density at radius 3 is 2.75 bits per heavy atom. The van der Waals surface area contributed by atoms with Crippen LogP contribution in [0.25, 0.3) is 0 Å². The molecule has 0 amide bonds. The van der Waals surface area contributed by atoms with Crippen LogP contribution in [0.1, 0.15) is 26.2 Å². The molecule has 70 valence electrons. The SMILES string of the molecule is C=CC(OCCCCC)C(=O)Cl. The molecule has 3 heteroatoms. The van der Waals surface area contributed by atoms with Crippen LogP contribution in [0.5, 0.6) is 0 Å². The van der Waals surface area contributed by atoms with Crippen molar-refractivity contribution in [2.75, 3.05) is 6.61 Å². The summed E-state index contributed by atoms with van der Waals surface area (Å²) in [5, 5.41) is -0.499. The lowest BCUT2D eigenvalue weighted by Gasteiger charge is -2.08. The summed E-state index contributed by atoms with van der Waals surface area (Å²) in [6.45, 7) is 6.13. The monoisotopic (exact) mass is 190 g/mol. The number of hydrogen-bond acceptors (Lipinski definition) is 2. The molecule has 0 heterocycles. The Hall–Kier alpha value is -0.340. The molecule has 0 radical (unpaired) electrons. The van der Waals surface area contributed by atoms with Crippen LogP contribution in [-0.2, 0) is 9.53 Å². The number of carbonyl (C=O) groups is 1. The molecule has 0 fully saturated rings. The predicted molar refractivity (Wildman–Crippen MR) is 50.3 cm³/mol. The highest BCUT2D eigenvalue weighted by atomic mass is 35.5. The van der Waals surface area contributed by atoms with Gasteiger partial charge in [-0.1, -0.05) is 25.8 Å². The fourth-order valence-corrected chi connectivity index (χ4v) is 0.941. The summed E-state index contributed by atoms with van der Waals surface area (Å²) in [5.74, 6) is 0. The number of halogens is 1. The van der Waals surface area contributed by atoms with Gasteiger partial charge in [0.2, 0.25) is 0 Å². The third kappa shape index (κ3) is 5.33. The molecule has 0 saturated heterocycles. The first-order valence-corrected chi connectivity index (χ1v) is 4.53. The maximum Gasteiger partial charge on any atom is 0.254 e. The maximum atomic E-state index is 10.6. The Morgan fingerprint density at radius 1 is 1.67 bits per heavy atom. The molecule has 0 aliphatic carbocycles. The summed E-state index contributed by atoms with van der Waals surface area (Å²) in [6, 6.07) is 0. The standard InChI is InChI=1S/C9H15ClO2/c1-3-5-6-7-12-8(4-2)9(10)11/h4,8H,2-3,5-7H2,1H3. The maximum absolute atomic E-state index is 10.6. The van der Waals surface area contributed by atoms with Gasteiger partial charge in [0.05, 0.1) is 0 Å². The molecule has 0 aromatic carbocycles. The Bertz CT molecular complexity index is 145. The summed E-state index contributed by atoms with van der Waals surface area (Å²) in [5.41, 5.74) is 0. The lowest BCUT2D eigenvalue weighted by Crippen LogP contribution is -2.17. The highest BCUT2D eigenvalue weighted by molar-refractivity contribution is 6.64. The van der Waals surface area contributed by atoms with Crippen LogP contribution in [0.15, 0.2) is 12.7 Å². The van der Waals surface area contributed by atoms with Crippen molar-refractivity contribution in [3.8, 4) is 0 Å². The second kappa shape index (κ2) is 7.32. The Kier molecular flexibility index (Phi) is 7.11. The first kappa shape index (κ1) is 11.7. The number of hydrogen-bond donors (Lipinski definition) is 0. The van der Waals surface area contributed by atoms with Crippen molar-refractivity contribution in [2.45, 2.75) is 32.3 Å². The molecule has 0 aliphatic heterocycles. The summed E-state index contributed by atoms with van der Waals surface area (Å²) in [4.78, 5) is 10.6. The van der Waals surface area contributed by atoms with Gasteiger partial charge in [0, 0.05) is 6.61 Å². The van der Waals surface area contributed by atoms with Crippen LogP contribution >= 0.6 is 11.6 Å². The van der Waals surface area contributed by atoms with E-state index in [0.717, 1.165) is 19.3 Å². The average Bonchev–Trinajstić information content (AvgIpc) is 2.04. The van der Waals surface area contributed by atoms with Gasteiger partial charge in [0.15, 0.2) is 0 Å². The van der Waals surface area contributed by atoms with E-state index in [0.29, 0.717) is 6.61 Å². The zero-order valence-electron chi connectivity index (χ0n) is 7.38. The second-order valence-corrected chi connectivity index (χ2v) is 2.91. The molecular formula is C9H15ClO2. The number of rotatable bonds is 7. The fourth-order valence-electron chi connectivity index (χ4n) is 0.789. The van der Waals surface area contributed by atoms with Crippen molar-refractivity contribution in [2.24, 2.45) is 0 Å². The van der Waals surface area contributed by atoms with Crippen molar-refractivity contribution >= 4 is 16.8 Å². The van der Waals surface area contributed by atoms with Gasteiger partial charge >= 0.3 is 0 Å². The van der Waals surface area contributed by atoms with Gasteiger partial charge in [0.25, 0.3) is 5.24 Å². The second-order valence-electron chi connectivity index (χ2n) is 2.54. The lowest BCUT2D eigenvalue weighted by molar-refractivity contribution is -0.119. The zero-order valence-corrected chi connectivity index (χ0v) is 8.14. The van der Waals surface area contributed by atoms with Crippen molar-refractivity contribution in [1.82, 2.24) is 0 Å². The Balaban J connectivity index is 3.45. The third-order valence-electron chi connectivity index (χ3n) is 1.48. The highest BCUT2D eigenvalue weighted by Gasteiger charge is 2.10.